The summed E-state index contributed by atoms with van der Waals surface area (Å²) in [5.41, 5.74) is 0.681. The Morgan fingerprint density at radius 3 is 2.35 bits per heavy atom. The van der Waals surface area contributed by atoms with Gasteiger partial charge in [0.05, 0.1) is 5.75 Å². The van der Waals surface area contributed by atoms with Gasteiger partial charge in [-0.3, -0.25) is 4.79 Å². The second kappa shape index (κ2) is 6.37. The fourth-order valence-corrected chi connectivity index (χ4v) is 4.40. The van der Waals surface area contributed by atoms with E-state index >= 15 is 0 Å². The minimum atomic E-state index is -3.60. The molecular formula is C14H19NO4S. The van der Waals surface area contributed by atoms with Crippen LogP contribution in [0.2, 0.25) is 0 Å². The molecular weight excluding hydrogens is 278 g/mol. The molecule has 0 aliphatic heterocycles. The molecule has 110 valence electrons. The Hall–Kier alpha value is -1.40. The molecule has 0 atom stereocenters. The number of carbonyl (C=O) groups is 1. The summed E-state index contributed by atoms with van der Waals surface area (Å²) in [5.74, 6) is -1.24. The number of benzene rings is 1. The van der Waals surface area contributed by atoms with Crippen molar-refractivity contribution in [3.8, 4) is 0 Å². The lowest BCUT2D eigenvalue weighted by Crippen LogP contribution is -2.42. The van der Waals surface area contributed by atoms with Gasteiger partial charge in [-0.25, -0.2) is 8.42 Å². The summed E-state index contributed by atoms with van der Waals surface area (Å²) in [6.07, 6.45) is 3.42. The maximum absolute atomic E-state index is 12.5. The van der Waals surface area contributed by atoms with E-state index in [1.54, 1.807) is 24.3 Å². The number of hydrogen-bond donors (Lipinski definition) is 1. The molecule has 1 fully saturated rings. The molecule has 0 spiro atoms. The quantitative estimate of drug-likeness (QED) is 0.869. The maximum atomic E-state index is 12.5. The van der Waals surface area contributed by atoms with Crippen molar-refractivity contribution < 1.29 is 18.3 Å². The van der Waals surface area contributed by atoms with Crippen LogP contribution < -0.4 is 0 Å². The predicted molar refractivity (Wildman–Crippen MR) is 75.7 cm³/mol. The highest BCUT2D eigenvalue weighted by molar-refractivity contribution is 7.88. The molecule has 0 saturated heterocycles. The SMILES string of the molecule is O=C(O)CN(C1CCCC1)S(=O)(=O)Cc1ccccc1. The fourth-order valence-electron chi connectivity index (χ4n) is 2.65. The van der Waals surface area contributed by atoms with Gasteiger partial charge in [-0.2, -0.15) is 4.31 Å². The van der Waals surface area contributed by atoms with Crippen LogP contribution in [0.4, 0.5) is 0 Å². The van der Waals surface area contributed by atoms with Gasteiger partial charge in [0.2, 0.25) is 10.0 Å². The molecule has 1 aromatic rings. The molecule has 1 aliphatic rings. The predicted octanol–water partition coefficient (Wildman–Crippen LogP) is 1.85. The first-order chi connectivity index (χ1) is 9.49. The molecule has 1 aliphatic carbocycles. The van der Waals surface area contributed by atoms with E-state index in [0.29, 0.717) is 5.56 Å². The Morgan fingerprint density at radius 1 is 1.20 bits per heavy atom. The topological polar surface area (TPSA) is 74.7 Å². The van der Waals surface area contributed by atoms with E-state index in [1.807, 2.05) is 6.07 Å². The molecule has 0 aromatic heterocycles. The highest BCUT2D eigenvalue weighted by Gasteiger charge is 2.33. The Kier molecular flexibility index (Phi) is 4.77. The first-order valence-corrected chi connectivity index (χ1v) is 8.35. The minimum Gasteiger partial charge on any atom is -0.480 e. The van der Waals surface area contributed by atoms with E-state index in [9.17, 15) is 13.2 Å². The van der Waals surface area contributed by atoms with Crippen LogP contribution in [-0.2, 0) is 20.6 Å². The summed E-state index contributed by atoms with van der Waals surface area (Å²) in [6, 6.07) is 8.70. The molecule has 0 heterocycles. The number of aliphatic carboxylic acids is 1. The lowest BCUT2D eigenvalue weighted by atomic mass is 10.2. The van der Waals surface area contributed by atoms with Crippen molar-refractivity contribution in [2.75, 3.05) is 6.54 Å². The number of hydrogen-bond acceptors (Lipinski definition) is 3. The summed E-state index contributed by atoms with van der Waals surface area (Å²) in [7, 11) is -3.60. The maximum Gasteiger partial charge on any atom is 0.318 e. The van der Waals surface area contributed by atoms with Crippen LogP contribution in [-0.4, -0.2) is 36.4 Å². The van der Waals surface area contributed by atoms with Gasteiger partial charge in [-0.05, 0) is 18.4 Å². The standard InChI is InChI=1S/C14H19NO4S/c16-14(17)10-15(13-8-4-5-9-13)20(18,19)11-12-6-2-1-3-7-12/h1-3,6-7,13H,4-5,8-11H2,(H,16,17). The summed E-state index contributed by atoms with van der Waals surface area (Å²) in [6.45, 7) is -0.445. The van der Waals surface area contributed by atoms with E-state index < -0.39 is 22.5 Å². The minimum absolute atomic E-state index is 0.141. The van der Waals surface area contributed by atoms with Crippen molar-refractivity contribution >= 4 is 16.0 Å². The van der Waals surface area contributed by atoms with Crippen LogP contribution in [0, 0.1) is 0 Å². The molecule has 1 aromatic carbocycles. The average molecular weight is 297 g/mol. The molecule has 0 unspecified atom stereocenters. The van der Waals surface area contributed by atoms with Crippen molar-refractivity contribution in [2.45, 2.75) is 37.5 Å². The van der Waals surface area contributed by atoms with Crippen LogP contribution in [0.15, 0.2) is 30.3 Å². The Bertz CT molecular complexity index is 550. The van der Waals surface area contributed by atoms with Crippen LogP contribution in [0.3, 0.4) is 0 Å². The van der Waals surface area contributed by atoms with Crippen molar-refractivity contribution in [1.82, 2.24) is 4.31 Å². The summed E-state index contributed by atoms with van der Waals surface area (Å²) < 4.78 is 26.1. The highest BCUT2D eigenvalue weighted by Crippen LogP contribution is 2.26. The third kappa shape index (κ3) is 3.80. The van der Waals surface area contributed by atoms with Gasteiger partial charge in [0.1, 0.15) is 6.54 Å². The monoisotopic (exact) mass is 297 g/mol. The molecule has 2 rings (SSSR count). The largest absolute Gasteiger partial charge is 0.480 e. The third-order valence-electron chi connectivity index (χ3n) is 3.57. The van der Waals surface area contributed by atoms with Gasteiger partial charge in [0, 0.05) is 6.04 Å². The summed E-state index contributed by atoms with van der Waals surface area (Å²) in [5, 5.41) is 8.97. The van der Waals surface area contributed by atoms with Crippen molar-refractivity contribution in [1.29, 1.82) is 0 Å². The van der Waals surface area contributed by atoms with Crippen molar-refractivity contribution in [2.24, 2.45) is 0 Å². The van der Waals surface area contributed by atoms with Crippen LogP contribution >= 0.6 is 0 Å². The van der Waals surface area contributed by atoms with E-state index in [2.05, 4.69) is 0 Å². The Labute approximate surface area is 119 Å². The van der Waals surface area contributed by atoms with E-state index in [0.717, 1.165) is 25.7 Å². The zero-order valence-corrected chi connectivity index (χ0v) is 12.1. The first-order valence-electron chi connectivity index (χ1n) is 6.74. The average Bonchev–Trinajstić information content (AvgIpc) is 2.89. The molecule has 20 heavy (non-hydrogen) atoms. The second-order valence-corrected chi connectivity index (χ2v) is 7.04. The lowest BCUT2D eigenvalue weighted by Gasteiger charge is -2.26. The van der Waals surface area contributed by atoms with Crippen molar-refractivity contribution in [3.05, 3.63) is 35.9 Å². The van der Waals surface area contributed by atoms with E-state index in [-0.39, 0.29) is 11.8 Å². The molecule has 0 amide bonds. The van der Waals surface area contributed by atoms with Crippen LogP contribution in [0.25, 0.3) is 0 Å². The first kappa shape index (κ1) is 15.0. The van der Waals surface area contributed by atoms with Crippen LogP contribution in [0.1, 0.15) is 31.2 Å². The Morgan fingerprint density at radius 2 is 1.80 bits per heavy atom. The van der Waals surface area contributed by atoms with Gasteiger partial charge in [0.15, 0.2) is 0 Å². The summed E-state index contributed by atoms with van der Waals surface area (Å²) >= 11 is 0. The molecule has 0 bridgehead atoms. The number of sulfonamides is 1. The second-order valence-electron chi connectivity index (χ2n) is 5.12. The molecule has 1 N–H and O–H groups in total. The Balaban J connectivity index is 2.19. The van der Waals surface area contributed by atoms with Crippen molar-refractivity contribution in [3.63, 3.8) is 0 Å². The number of nitrogens with zero attached hydrogens (tertiary/aromatic N) is 1. The van der Waals surface area contributed by atoms with E-state index in [1.165, 1.54) is 4.31 Å². The van der Waals surface area contributed by atoms with Gasteiger partial charge >= 0.3 is 5.97 Å². The molecule has 1 saturated carbocycles. The zero-order valence-electron chi connectivity index (χ0n) is 11.2. The van der Waals surface area contributed by atoms with Gasteiger partial charge in [-0.15, -0.1) is 0 Å². The number of rotatable bonds is 6. The van der Waals surface area contributed by atoms with Gasteiger partial charge < -0.3 is 5.11 Å². The highest BCUT2D eigenvalue weighted by atomic mass is 32.2. The summed E-state index contributed by atoms with van der Waals surface area (Å²) in [4.78, 5) is 11.0. The number of carboxylic acid groups (broad SMARTS) is 1. The van der Waals surface area contributed by atoms with Gasteiger partial charge in [0.25, 0.3) is 0 Å². The lowest BCUT2D eigenvalue weighted by molar-refractivity contribution is -0.137. The fraction of sp³-hybridized carbons (Fsp3) is 0.500. The molecule has 0 radical (unpaired) electrons. The van der Waals surface area contributed by atoms with Crippen LogP contribution in [0.5, 0.6) is 0 Å². The normalized spacial score (nSPS) is 16.6. The third-order valence-corrected chi connectivity index (χ3v) is 5.41. The zero-order chi connectivity index (χ0) is 14.6. The smallest absolute Gasteiger partial charge is 0.318 e. The molecule has 6 heteroatoms. The van der Waals surface area contributed by atoms with E-state index in [4.69, 9.17) is 5.11 Å². The molecule has 5 nitrogen and oxygen atoms in total. The van der Waals surface area contributed by atoms with Gasteiger partial charge in [-0.1, -0.05) is 43.2 Å². The number of carboxylic acids is 1.